The fraction of sp³-hybridized carbons (Fsp3) is 0.263. The van der Waals surface area contributed by atoms with Crippen LogP contribution in [0.2, 0.25) is 0 Å². The first-order valence-corrected chi connectivity index (χ1v) is 8.97. The van der Waals surface area contributed by atoms with E-state index in [9.17, 15) is 4.79 Å². The minimum atomic E-state index is -0.0374. The molecule has 0 spiro atoms. The number of ether oxygens (including phenoxy) is 1. The summed E-state index contributed by atoms with van der Waals surface area (Å²) in [6.07, 6.45) is 2.46. The van der Waals surface area contributed by atoms with Crippen molar-refractivity contribution in [2.75, 3.05) is 11.9 Å². The predicted octanol–water partition coefficient (Wildman–Crippen LogP) is 4.66. The van der Waals surface area contributed by atoms with Crippen LogP contribution < -0.4 is 10.1 Å². The number of benzene rings is 2. The molecule has 4 nitrogen and oxygen atoms in total. The molecule has 1 aromatic heterocycles. The summed E-state index contributed by atoms with van der Waals surface area (Å²) in [6.45, 7) is 2.84. The van der Waals surface area contributed by atoms with Gasteiger partial charge < -0.3 is 10.1 Å². The van der Waals surface area contributed by atoms with Crippen molar-refractivity contribution in [2.24, 2.45) is 0 Å². The number of amides is 1. The van der Waals surface area contributed by atoms with Gasteiger partial charge in [-0.3, -0.25) is 4.79 Å². The molecule has 1 amide bonds. The molecule has 0 saturated carbocycles. The standard InChI is InChI=1S/C19H20N2O2S/c1-2-3-9-23-16-6-4-5-14(10-16)11-19(22)21-15-7-8-17-18(12-15)24-13-20-17/h4-8,10,12-13H,2-3,9,11H2,1H3,(H,21,22). The maximum absolute atomic E-state index is 12.3. The van der Waals surface area contributed by atoms with Gasteiger partial charge in [0.2, 0.25) is 5.91 Å². The van der Waals surface area contributed by atoms with E-state index in [0.29, 0.717) is 13.0 Å². The number of carbonyl (C=O) groups is 1. The number of anilines is 1. The van der Waals surface area contributed by atoms with Gasteiger partial charge in [0, 0.05) is 5.69 Å². The van der Waals surface area contributed by atoms with Gasteiger partial charge in [-0.25, -0.2) is 4.98 Å². The molecule has 1 N–H and O–H groups in total. The van der Waals surface area contributed by atoms with Gasteiger partial charge in [0.1, 0.15) is 5.75 Å². The van der Waals surface area contributed by atoms with E-state index in [2.05, 4.69) is 17.2 Å². The molecule has 0 aliphatic heterocycles. The lowest BCUT2D eigenvalue weighted by molar-refractivity contribution is -0.115. The molecule has 5 heteroatoms. The first-order valence-electron chi connectivity index (χ1n) is 8.09. The second-order valence-corrected chi connectivity index (χ2v) is 6.50. The van der Waals surface area contributed by atoms with Crippen LogP contribution in [0, 0.1) is 0 Å². The SMILES string of the molecule is CCCCOc1cccc(CC(=O)Nc2ccc3ncsc3c2)c1. The molecule has 0 atom stereocenters. The van der Waals surface area contributed by atoms with Gasteiger partial charge in [-0.05, 0) is 42.3 Å². The van der Waals surface area contributed by atoms with E-state index in [1.54, 1.807) is 16.8 Å². The van der Waals surface area contributed by atoms with E-state index in [0.717, 1.165) is 40.1 Å². The van der Waals surface area contributed by atoms with Gasteiger partial charge >= 0.3 is 0 Å². The number of thiazole rings is 1. The highest BCUT2D eigenvalue weighted by Crippen LogP contribution is 2.22. The van der Waals surface area contributed by atoms with Gasteiger partial charge in [-0.15, -0.1) is 11.3 Å². The minimum absolute atomic E-state index is 0.0374. The Hall–Kier alpha value is -2.40. The lowest BCUT2D eigenvalue weighted by atomic mass is 10.1. The highest BCUT2D eigenvalue weighted by Gasteiger charge is 2.07. The second-order valence-electron chi connectivity index (χ2n) is 5.61. The first-order chi connectivity index (χ1) is 11.7. The largest absolute Gasteiger partial charge is 0.494 e. The van der Waals surface area contributed by atoms with Crippen molar-refractivity contribution in [3.63, 3.8) is 0 Å². The minimum Gasteiger partial charge on any atom is -0.494 e. The number of hydrogen-bond acceptors (Lipinski definition) is 4. The van der Waals surface area contributed by atoms with Crippen LogP contribution in [0.25, 0.3) is 10.2 Å². The van der Waals surface area contributed by atoms with Crippen molar-refractivity contribution in [3.05, 3.63) is 53.5 Å². The van der Waals surface area contributed by atoms with Crippen molar-refractivity contribution in [3.8, 4) is 5.75 Å². The maximum Gasteiger partial charge on any atom is 0.228 e. The zero-order chi connectivity index (χ0) is 16.8. The average Bonchev–Trinajstić information content (AvgIpc) is 3.03. The number of fused-ring (bicyclic) bond motifs is 1. The Balaban J connectivity index is 1.60. The molecule has 0 bridgehead atoms. The van der Waals surface area contributed by atoms with E-state index in [1.165, 1.54) is 0 Å². The lowest BCUT2D eigenvalue weighted by Gasteiger charge is -2.08. The van der Waals surface area contributed by atoms with Crippen LogP contribution in [0.1, 0.15) is 25.3 Å². The summed E-state index contributed by atoms with van der Waals surface area (Å²) >= 11 is 1.56. The van der Waals surface area contributed by atoms with Gasteiger partial charge in [-0.1, -0.05) is 25.5 Å². The van der Waals surface area contributed by atoms with Crippen LogP contribution >= 0.6 is 11.3 Å². The third-order valence-corrected chi connectivity index (χ3v) is 4.44. The zero-order valence-corrected chi connectivity index (χ0v) is 14.4. The maximum atomic E-state index is 12.3. The van der Waals surface area contributed by atoms with E-state index in [1.807, 2.05) is 42.5 Å². The molecule has 3 aromatic rings. The molecule has 0 unspecified atom stereocenters. The average molecular weight is 340 g/mol. The van der Waals surface area contributed by atoms with Gasteiger partial charge in [0.25, 0.3) is 0 Å². The van der Waals surface area contributed by atoms with Crippen LogP contribution in [0.4, 0.5) is 5.69 Å². The summed E-state index contributed by atoms with van der Waals surface area (Å²) in [5.41, 5.74) is 4.50. The van der Waals surface area contributed by atoms with Gasteiger partial charge in [-0.2, -0.15) is 0 Å². The summed E-state index contributed by atoms with van der Waals surface area (Å²) in [6, 6.07) is 13.5. The molecule has 124 valence electrons. The van der Waals surface area contributed by atoms with Crippen LogP contribution in [0.3, 0.4) is 0 Å². The summed E-state index contributed by atoms with van der Waals surface area (Å²) in [7, 11) is 0. The molecular weight excluding hydrogens is 320 g/mol. The van der Waals surface area contributed by atoms with Crippen LogP contribution in [0.5, 0.6) is 5.75 Å². The number of rotatable bonds is 7. The number of carbonyl (C=O) groups excluding carboxylic acids is 1. The predicted molar refractivity (Wildman–Crippen MR) is 98.8 cm³/mol. The number of nitrogens with zero attached hydrogens (tertiary/aromatic N) is 1. The fourth-order valence-corrected chi connectivity index (χ4v) is 3.12. The molecule has 0 aliphatic rings. The molecular formula is C19H20N2O2S. The Labute approximate surface area is 145 Å². The number of nitrogens with one attached hydrogen (secondary N) is 1. The van der Waals surface area contributed by atoms with Crippen LogP contribution in [-0.4, -0.2) is 17.5 Å². The normalized spacial score (nSPS) is 10.7. The highest BCUT2D eigenvalue weighted by molar-refractivity contribution is 7.16. The van der Waals surface area contributed by atoms with Gasteiger partial charge in [0.15, 0.2) is 0 Å². The summed E-state index contributed by atoms with van der Waals surface area (Å²) in [5, 5.41) is 2.94. The van der Waals surface area contributed by atoms with Crippen molar-refractivity contribution >= 4 is 33.1 Å². The van der Waals surface area contributed by atoms with Crippen LogP contribution in [0.15, 0.2) is 48.0 Å². The van der Waals surface area contributed by atoms with E-state index >= 15 is 0 Å². The summed E-state index contributed by atoms with van der Waals surface area (Å²) in [4.78, 5) is 16.5. The Morgan fingerprint density at radius 3 is 3.04 bits per heavy atom. The van der Waals surface area contributed by atoms with E-state index < -0.39 is 0 Å². The van der Waals surface area contributed by atoms with Crippen LogP contribution in [-0.2, 0) is 11.2 Å². The Bertz CT molecular complexity index is 829. The topological polar surface area (TPSA) is 51.2 Å². The third kappa shape index (κ3) is 4.32. The monoisotopic (exact) mass is 340 g/mol. The molecule has 3 rings (SSSR count). The quantitative estimate of drug-likeness (QED) is 0.637. The first kappa shape index (κ1) is 16.5. The second kappa shape index (κ2) is 7.93. The third-order valence-electron chi connectivity index (χ3n) is 3.64. The number of unbranched alkanes of at least 4 members (excludes halogenated alkanes) is 1. The Kier molecular flexibility index (Phi) is 5.43. The molecule has 0 aliphatic carbocycles. The summed E-state index contributed by atoms with van der Waals surface area (Å²) in [5.74, 6) is 0.782. The van der Waals surface area contributed by atoms with Crippen molar-refractivity contribution in [1.29, 1.82) is 0 Å². The Morgan fingerprint density at radius 2 is 2.17 bits per heavy atom. The van der Waals surface area contributed by atoms with Crippen molar-refractivity contribution in [2.45, 2.75) is 26.2 Å². The number of hydrogen-bond donors (Lipinski definition) is 1. The molecule has 24 heavy (non-hydrogen) atoms. The van der Waals surface area contributed by atoms with E-state index in [-0.39, 0.29) is 5.91 Å². The lowest BCUT2D eigenvalue weighted by Crippen LogP contribution is -2.14. The Morgan fingerprint density at radius 1 is 1.25 bits per heavy atom. The molecule has 0 radical (unpaired) electrons. The number of aromatic nitrogens is 1. The van der Waals surface area contributed by atoms with Gasteiger partial charge in [0.05, 0.1) is 28.8 Å². The van der Waals surface area contributed by atoms with Crippen molar-refractivity contribution in [1.82, 2.24) is 4.98 Å². The van der Waals surface area contributed by atoms with E-state index in [4.69, 9.17) is 4.74 Å². The molecule has 1 heterocycles. The fourth-order valence-electron chi connectivity index (χ4n) is 2.40. The smallest absolute Gasteiger partial charge is 0.228 e. The molecule has 0 fully saturated rings. The summed E-state index contributed by atoms with van der Waals surface area (Å²) < 4.78 is 6.76. The molecule has 0 saturated heterocycles. The zero-order valence-electron chi connectivity index (χ0n) is 13.6. The highest BCUT2D eigenvalue weighted by atomic mass is 32.1. The van der Waals surface area contributed by atoms with Crippen molar-refractivity contribution < 1.29 is 9.53 Å². The molecule has 2 aromatic carbocycles.